The van der Waals surface area contributed by atoms with Gasteiger partial charge in [0.15, 0.2) is 0 Å². The summed E-state index contributed by atoms with van der Waals surface area (Å²) in [6.07, 6.45) is 5.05. The van der Waals surface area contributed by atoms with Crippen LogP contribution in [0.3, 0.4) is 0 Å². The topological polar surface area (TPSA) is 75.7 Å². The highest BCUT2D eigenvalue weighted by atomic mass is 16.5. The number of nitrogens with one attached hydrogen (secondary N) is 1. The Kier molecular flexibility index (Phi) is 5.34. The third-order valence-electron chi connectivity index (χ3n) is 5.78. The molecule has 1 aliphatic heterocycles. The minimum atomic E-state index is -0.442. The standard InChI is InChI=1S/C23H24N2O4/c1-29-23(28)18-8-6-16(7-9-18)21(26)24-19-11-10-15-12-13-25(20(15)14-19)22(27)17-4-2-3-5-17/h6-11,14,17H,2-5,12-13H2,1H3,(H,24,26). The zero-order chi connectivity index (χ0) is 20.4. The van der Waals surface area contributed by atoms with E-state index in [4.69, 9.17) is 0 Å². The molecule has 1 fully saturated rings. The molecule has 4 rings (SSSR count). The Balaban J connectivity index is 1.49. The van der Waals surface area contributed by atoms with Crippen molar-refractivity contribution in [2.24, 2.45) is 5.92 Å². The zero-order valence-corrected chi connectivity index (χ0v) is 16.4. The predicted molar refractivity (Wildman–Crippen MR) is 110 cm³/mol. The van der Waals surface area contributed by atoms with Gasteiger partial charge in [-0.05, 0) is 61.2 Å². The summed E-state index contributed by atoms with van der Waals surface area (Å²) in [5.74, 6) is -0.369. The number of rotatable bonds is 4. The minimum absolute atomic E-state index is 0.132. The average Bonchev–Trinajstić information content (AvgIpc) is 3.43. The molecule has 1 N–H and O–H groups in total. The number of hydrogen-bond acceptors (Lipinski definition) is 4. The van der Waals surface area contributed by atoms with E-state index in [9.17, 15) is 14.4 Å². The van der Waals surface area contributed by atoms with Crippen molar-refractivity contribution in [3.63, 3.8) is 0 Å². The largest absolute Gasteiger partial charge is 0.465 e. The number of hydrogen-bond donors (Lipinski definition) is 1. The Morgan fingerprint density at radius 1 is 1.00 bits per heavy atom. The molecule has 1 heterocycles. The fraction of sp³-hybridized carbons (Fsp3) is 0.348. The van der Waals surface area contributed by atoms with Crippen LogP contribution in [0.15, 0.2) is 42.5 Å². The highest BCUT2D eigenvalue weighted by molar-refractivity contribution is 6.05. The average molecular weight is 392 g/mol. The second-order valence-corrected chi connectivity index (χ2v) is 7.59. The van der Waals surface area contributed by atoms with E-state index in [2.05, 4.69) is 10.1 Å². The molecule has 2 amide bonds. The van der Waals surface area contributed by atoms with Gasteiger partial charge < -0.3 is 15.0 Å². The fourth-order valence-corrected chi connectivity index (χ4v) is 4.16. The molecule has 29 heavy (non-hydrogen) atoms. The molecule has 2 aromatic rings. The SMILES string of the molecule is COC(=O)c1ccc(C(=O)Nc2ccc3c(c2)N(C(=O)C2CCCC2)CC3)cc1. The lowest BCUT2D eigenvalue weighted by atomic mass is 10.1. The van der Waals surface area contributed by atoms with Crippen LogP contribution >= 0.6 is 0 Å². The van der Waals surface area contributed by atoms with Crippen molar-refractivity contribution in [2.75, 3.05) is 23.9 Å². The van der Waals surface area contributed by atoms with Gasteiger partial charge in [0, 0.05) is 29.4 Å². The summed E-state index contributed by atoms with van der Waals surface area (Å²) < 4.78 is 4.67. The normalized spacial score (nSPS) is 15.8. The molecule has 6 heteroatoms. The summed E-state index contributed by atoms with van der Waals surface area (Å²) in [6.45, 7) is 0.705. The maximum Gasteiger partial charge on any atom is 0.337 e. The van der Waals surface area contributed by atoms with Gasteiger partial charge in [-0.15, -0.1) is 0 Å². The number of esters is 1. The first-order valence-corrected chi connectivity index (χ1v) is 10.0. The molecule has 150 valence electrons. The molecule has 1 saturated carbocycles. The number of nitrogens with zero attached hydrogens (tertiary/aromatic N) is 1. The molecule has 0 unspecified atom stereocenters. The van der Waals surface area contributed by atoms with Gasteiger partial charge in [0.2, 0.25) is 5.91 Å². The highest BCUT2D eigenvalue weighted by Gasteiger charge is 2.32. The Bertz CT molecular complexity index is 946. The molecule has 2 aromatic carbocycles. The minimum Gasteiger partial charge on any atom is -0.465 e. The number of anilines is 2. The lowest BCUT2D eigenvalue weighted by Gasteiger charge is -2.21. The van der Waals surface area contributed by atoms with E-state index in [1.54, 1.807) is 24.3 Å². The van der Waals surface area contributed by atoms with Crippen LogP contribution in [-0.4, -0.2) is 31.4 Å². The quantitative estimate of drug-likeness (QED) is 0.803. The lowest BCUT2D eigenvalue weighted by molar-refractivity contribution is -0.122. The Labute approximate surface area is 169 Å². The van der Waals surface area contributed by atoms with Crippen molar-refractivity contribution in [1.82, 2.24) is 0 Å². The molecule has 6 nitrogen and oxygen atoms in total. The third-order valence-corrected chi connectivity index (χ3v) is 5.78. The Hall–Kier alpha value is -3.15. The molecular formula is C23H24N2O4. The molecule has 0 radical (unpaired) electrons. The molecule has 0 saturated heterocycles. The van der Waals surface area contributed by atoms with Crippen LogP contribution in [0.2, 0.25) is 0 Å². The van der Waals surface area contributed by atoms with Gasteiger partial charge in [-0.3, -0.25) is 9.59 Å². The summed E-state index contributed by atoms with van der Waals surface area (Å²) in [5, 5.41) is 2.89. The van der Waals surface area contributed by atoms with Crippen molar-refractivity contribution in [2.45, 2.75) is 32.1 Å². The van der Waals surface area contributed by atoms with E-state index >= 15 is 0 Å². The van der Waals surface area contributed by atoms with Crippen LogP contribution in [0, 0.1) is 5.92 Å². The molecule has 0 atom stereocenters. The maximum atomic E-state index is 12.9. The van der Waals surface area contributed by atoms with E-state index in [-0.39, 0.29) is 17.7 Å². The van der Waals surface area contributed by atoms with Crippen molar-refractivity contribution >= 4 is 29.2 Å². The summed E-state index contributed by atoms with van der Waals surface area (Å²) in [4.78, 5) is 38.9. The molecule has 0 bridgehead atoms. The van der Waals surface area contributed by atoms with Gasteiger partial charge in [0.05, 0.1) is 12.7 Å². The van der Waals surface area contributed by atoms with Gasteiger partial charge in [-0.25, -0.2) is 4.79 Å². The first kappa shape index (κ1) is 19.2. The third kappa shape index (κ3) is 3.88. The zero-order valence-electron chi connectivity index (χ0n) is 16.4. The predicted octanol–water partition coefficient (Wildman–Crippen LogP) is 3.80. The first-order chi connectivity index (χ1) is 14.1. The number of carbonyl (C=O) groups excluding carboxylic acids is 3. The van der Waals surface area contributed by atoms with E-state index in [1.165, 1.54) is 7.11 Å². The molecule has 2 aliphatic rings. The Morgan fingerprint density at radius 2 is 1.69 bits per heavy atom. The number of methoxy groups -OCH3 is 1. The first-order valence-electron chi connectivity index (χ1n) is 10.0. The van der Waals surface area contributed by atoms with Crippen molar-refractivity contribution in [3.05, 3.63) is 59.2 Å². The van der Waals surface area contributed by atoms with Crippen LogP contribution in [-0.2, 0) is 16.0 Å². The smallest absolute Gasteiger partial charge is 0.337 e. The van der Waals surface area contributed by atoms with Crippen LogP contribution in [0.1, 0.15) is 52.0 Å². The second-order valence-electron chi connectivity index (χ2n) is 7.59. The van der Waals surface area contributed by atoms with Crippen LogP contribution in [0.25, 0.3) is 0 Å². The number of amides is 2. The van der Waals surface area contributed by atoms with Crippen LogP contribution in [0.5, 0.6) is 0 Å². The molecule has 1 aliphatic carbocycles. The summed E-state index contributed by atoms with van der Waals surface area (Å²) in [5.41, 5.74) is 3.52. The summed E-state index contributed by atoms with van der Waals surface area (Å²) in [7, 11) is 1.32. The van der Waals surface area contributed by atoms with E-state index < -0.39 is 5.97 Å². The second kappa shape index (κ2) is 8.07. The number of carbonyl (C=O) groups is 3. The summed E-state index contributed by atoms with van der Waals surface area (Å²) in [6, 6.07) is 12.0. The highest BCUT2D eigenvalue weighted by Crippen LogP contribution is 2.35. The van der Waals surface area contributed by atoms with E-state index in [0.29, 0.717) is 23.4 Å². The van der Waals surface area contributed by atoms with Gasteiger partial charge in [0.1, 0.15) is 0 Å². The molecule has 0 spiro atoms. The fourth-order valence-electron chi connectivity index (χ4n) is 4.16. The summed E-state index contributed by atoms with van der Waals surface area (Å²) >= 11 is 0. The van der Waals surface area contributed by atoms with Gasteiger partial charge >= 0.3 is 5.97 Å². The van der Waals surface area contributed by atoms with Crippen molar-refractivity contribution in [3.8, 4) is 0 Å². The van der Waals surface area contributed by atoms with Crippen molar-refractivity contribution in [1.29, 1.82) is 0 Å². The van der Waals surface area contributed by atoms with E-state index in [1.807, 2.05) is 23.1 Å². The van der Waals surface area contributed by atoms with Gasteiger partial charge in [-0.1, -0.05) is 18.9 Å². The maximum absolute atomic E-state index is 12.9. The Morgan fingerprint density at radius 3 is 2.38 bits per heavy atom. The monoisotopic (exact) mass is 392 g/mol. The number of fused-ring (bicyclic) bond motifs is 1. The van der Waals surface area contributed by atoms with E-state index in [0.717, 1.165) is 43.4 Å². The number of ether oxygens (including phenoxy) is 1. The van der Waals surface area contributed by atoms with Gasteiger partial charge in [0.25, 0.3) is 5.91 Å². The van der Waals surface area contributed by atoms with Gasteiger partial charge in [-0.2, -0.15) is 0 Å². The van der Waals surface area contributed by atoms with Crippen molar-refractivity contribution < 1.29 is 19.1 Å². The van der Waals surface area contributed by atoms with Crippen LogP contribution < -0.4 is 10.2 Å². The molecule has 0 aromatic heterocycles. The number of benzene rings is 2. The molecular weight excluding hydrogens is 368 g/mol. The lowest BCUT2D eigenvalue weighted by Crippen LogP contribution is -2.33. The van der Waals surface area contributed by atoms with Crippen LogP contribution in [0.4, 0.5) is 11.4 Å².